The zero-order valence-corrected chi connectivity index (χ0v) is 13.3. The highest BCUT2D eigenvalue weighted by Gasteiger charge is 2.10. The number of rotatable bonds is 13. The number of aliphatic hydroxyl groups excluding tert-OH is 2. The van der Waals surface area contributed by atoms with Crippen LogP contribution in [0, 0.1) is 0 Å². The quantitative estimate of drug-likeness (QED) is 0.507. The second-order valence-electron chi connectivity index (χ2n) is 5.93. The first kappa shape index (κ1) is 18.9. The van der Waals surface area contributed by atoms with Crippen LogP contribution in [0.25, 0.3) is 0 Å². The molecule has 0 unspecified atom stereocenters. The molecule has 0 saturated heterocycles. The third-order valence-electron chi connectivity index (χ3n) is 3.37. The van der Waals surface area contributed by atoms with Crippen molar-refractivity contribution < 1.29 is 10.2 Å². The molecule has 0 heterocycles. The van der Waals surface area contributed by atoms with Crippen molar-refractivity contribution in [2.24, 2.45) is 0 Å². The first-order valence-electron chi connectivity index (χ1n) is 8.14. The van der Waals surface area contributed by atoms with Gasteiger partial charge in [-0.3, -0.25) is 4.90 Å². The molecule has 0 aromatic rings. The van der Waals surface area contributed by atoms with Crippen LogP contribution in [-0.4, -0.2) is 47.0 Å². The molecule has 2 N–H and O–H groups in total. The summed E-state index contributed by atoms with van der Waals surface area (Å²) in [5.74, 6) is 0. The zero-order valence-electron chi connectivity index (χ0n) is 13.3. The molecule has 0 spiro atoms. The normalized spacial score (nSPS) is 14.8. The van der Waals surface area contributed by atoms with Gasteiger partial charge in [-0.1, -0.05) is 51.9 Å². The Morgan fingerprint density at radius 1 is 0.737 bits per heavy atom. The maximum absolute atomic E-state index is 9.44. The van der Waals surface area contributed by atoms with E-state index in [9.17, 15) is 10.2 Å². The van der Waals surface area contributed by atoms with Gasteiger partial charge in [0.15, 0.2) is 0 Å². The average Bonchev–Trinajstić information content (AvgIpc) is 2.30. The first-order valence-corrected chi connectivity index (χ1v) is 8.14. The summed E-state index contributed by atoms with van der Waals surface area (Å²) in [6, 6.07) is 0. The summed E-state index contributed by atoms with van der Waals surface area (Å²) in [7, 11) is 0. The number of aliphatic hydroxyl groups is 2. The minimum Gasteiger partial charge on any atom is -0.392 e. The summed E-state index contributed by atoms with van der Waals surface area (Å²) in [6.07, 6.45) is 9.93. The largest absolute Gasteiger partial charge is 0.392 e. The van der Waals surface area contributed by atoms with Crippen molar-refractivity contribution in [2.75, 3.05) is 19.6 Å². The number of unbranched alkanes of at least 4 members (excludes halogenated alkanes) is 7. The highest BCUT2D eigenvalue weighted by atomic mass is 16.3. The van der Waals surface area contributed by atoms with E-state index in [1.807, 2.05) is 13.8 Å². The van der Waals surface area contributed by atoms with Crippen LogP contribution < -0.4 is 0 Å². The van der Waals surface area contributed by atoms with Gasteiger partial charge < -0.3 is 10.2 Å². The average molecular weight is 273 g/mol. The van der Waals surface area contributed by atoms with Crippen LogP contribution in [0.4, 0.5) is 0 Å². The molecule has 19 heavy (non-hydrogen) atoms. The predicted molar refractivity (Wildman–Crippen MR) is 82.4 cm³/mol. The maximum atomic E-state index is 9.44. The summed E-state index contributed by atoms with van der Waals surface area (Å²) in [5.41, 5.74) is 0. The van der Waals surface area contributed by atoms with Crippen molar-refractivity contribution in [3.05, 3.63) is 0 Å². The molecule has 3 heteroatoms. The molecule has 0 aromatic heterocycles. The van der Waals surface area contributed by atoms with Gasteiger partial charge in [0.25, 0.3) is 0 Å². The van der Waals surface area contributed by atoms with E-state index in [0.29, 0.717) is 13.1 Å². The van der Waals surface area contributed by atoms with Gasteiger partial charge in [-0.25, -0.2) is 0 Å². The molecule has 0 aliphatic carbocycles. The third-order valence-corrected chi connectivity index (χ3v) is 3.37. The van der Waals surface area contributed by atoms with Gasteiger partial charge in [0.2, 0.25) is 0 Å². The van der Waals surface area contributed by atoms with Crippen LogP contribution in [0.2, 0.25) is 0 Å². The van der Waals surface area contributed by atoms with Crippen molar-refractivity contribution in [3.63, 3.8) is 0 Å². The molecule has 3 nitrogen and oxygen atoms in total. The number of hydrogen-bond acceptors (Lipinski definition) is 3. The Morgan fingerprint density at radius 2 is 1.16 bits per heavy atom. The van der Waals surface area contributed by atoms with Gasteiger partial charge in [0.1, 0.15) is 0 Å². The molecule has 0 rings (SSSR count). The summed E-state index contributed by atoms with van der Waals surface area (Å²) in [6.45, 7) is 8.19. The van der Waals surface area contributed by atoms with E-state index in [-0.39, 0.29) is 12.2 Å². The van der Waals surface area contributed by atoms with E-state index in [1.165, 1.54) is 51.4 Å². The van der Waals surface area contributed by atoms with E-state index in [1.54, 1.807) is 0 Å². The van der Waals surface area contributed by atoms with Crippen LogP contribution in [0.5, 0.6) is 0 Å². The van der Waals surface area contributed by atoms with E-state index in [2.05, 4.69) is 11.8 Å². The Bertz CT molecular complexity index is 174. The van der Waals surface area contributed by atoms with Crippen LogP contribution in [0.15, 0.2) is 0 Å². The van der Waals surface area contributed by atoms with Gasteiger partial charge in [0.05, 0.1) is 12.2 Å². The molecule has 0 aliphatic rings. The summed E-state index contributed by atoms with van der Waals surface area (Å²) in [5, 5.41) is 18.9. The SMILES string of the molecule is CCCCCCCCCCN(C[C@@H](C)O)C[C@@H](C)O. The third kappa shape index (κ3) is 14.1. The molecule has 2 atom stereocenters. The lowest BCUT2D eigenvalue weighted by molar-refractivity contribution is 0.0825. The molecule has 0 saturated carbocycles. The Morgan fingerprint density at radius 3 is 1.58 bits per heavy atom. The zero-order chi connectivity index (χ0) is 14.5. The Balaban J connectivity index is 3.52. The lowest BCUT2D eigenvalue weighted by atomic mass is 10.1. The van der Waals surface area contributed by atoms with Crippen LogP contribution in [0.3, 0.4) is 0 Å². The molecular formula is C16H35NO2. The van der Waals surface area contributed by atoms with E-state index in [4.69, 9.17) is 0 Å². The predicted octanol–water partition coefficient (Wildman–Crippen LogP) is 3.19. The molecule has 0 aromatic carbocycles. The molecule has 0 bridgehead atoms. The standard InChI is InChI=1S/C16H35NO2/c1-4-5-6-7-8-9-10-11-12-17(13-15(2)18)14-16(3)19/h15-16,18-19H,4-14H2,1-3H3/t15-,16-/m1/s1. The summed E-state index contributed by atoms with van der Waals surface area (Å²) >= 11 is 0. The van der Waals surface area contributed by atoms with Crippen LogP contribution in [-0.2, 0) is 0 Å². The fourth-order valence-electron chi connectivity index (χ4n) is 2.47. The minimum atomic E-state index is -0.312. The molecule has 0 amide bonds. The topological polar surface area (TPSA) is 43.7 Å². The summed E-state index contributed by atoms with van der Waals surface area (Å²) < 4.78 is 0. The van der Waals surface area contributed by atoms with Crippen molar-refractivity contribution in [2.45, 2.75) is 84.3 Å². The summed E-state index contributed by atoms with van der Waals surface area (Å²) in [4.78, 5) is 2.17. The van der Waals surface area contributed by atoms with E-state index in [0.717, 1.165) is 6.54 Å². The smallest absolute Gasteiger partial charge is 0.0639 e. The Labute approximate surface area is 120 Å². The van der Waals surface area contributed by atoms with Gasteiger partial charge in [-0.2, -0.15) is 0 Å². The molecule has 0 radical (unpaired) electrons. The van der Waals surface area contributed by atoms with Gasteiger partial charge in [0, 0.05) is 13.1 Å². The highest BCUT2D eigenvalue weighted by Crippen LogP contribution is 2.09. The lowest BCUT2D eigenvalue weighted by Gasteiger charge is -2.24. The van der Waals surface area contributed by atoms with Gasteiger partial charge in [-0.05, 0) is 26.8 Å². The van der Waals surface area contributed by atoms with Crippen LogP contribution >= 0.6 is 0 Å². The van der Waals surface area contributed by atoms with Crippen molar-refractivity contribution in [3.8, 4) is 0 Å². The molecule has 0 aliphatic heterocycles. The first-order chi connectivity index (χ1) is 9.06. The Kier molecular flexibility index (Phi) is 12.8. The molecule has 0 fully saturated rings. The fraction of sp³-hybridized carbons (Fsp3) is 1.00. The van der Waals surface area contributed by atoms with E-state index >= 15 is 0 Å². The van der Waals surface area contributed by atoms with E-state index < -0.39 is 0 Å². The number of nitrogens with zero attached hydrogens (tertiary/aromatic N) is 1. The lowest BCUT2D eigenvalue weighted by Crippen LogP contribution is -2.36. The van der Waals surface area contributed by atoms with Crippen molar-refractivity contribution in [1.29, 1.82) is 0 Å². The van der Waals surface area contributed by atoms with Gasteiger partial charge >= 0.3 is 0 Å². The monoisotopic (exact) mass is 273 g/mol. The molecule has 116 valence electrons. The van der Waals surface area contributed by atoms with Crippen molar-refractivity contribution in [1.82, 2.24) is 4.90 Å². The Hall–Kier alpha value is -0.120. The second kappa shape index (κ2) is 12.9. The second-order valence-corrected chi connectivity index (χ2v) is 5.93. The highest BCUT2D eigenvalue weighted by molar-refractivity contribution is 4.64. The van der Waals surface area contributed by atoms with Gasteiger partial charge in [-0.15, -0.1) is 0 Å². The minimum absolute atomic E-state index is 0.312. The maximum Gasteiger partial charge on any atom is 0.0639 e. The molecular weight excluding hydrogens is 238 g/mol. The number of hydrogen-bond donors (Lipinski definition) is 2. The van der Waals surface area contributed by atoms with Crippen molar-refractivity contribution >= 4 is 0 Å². The van der Waals surface area contributed by atoms with Crippen LogP contribution in [0.1, 0.15) is 72.1 Å². The fourth-order valence-corrected chi connectivity index (χ4v) is 2.47.